The van der Waals surface area contributed by atoms with Gasteiger partial charge >= 0.3 is 11.7 Å². The first-order chi connectivity index (χ1) is 8.95. The van der Waals surface area contributed by atoms with Crippen LogP contribution in [0.25, 0.3) is 0 Å². The molecule has 0 fully saturated rings. The summed E-state index contributed by atoms with van der Waals surface area (Å²) in [6.45, 7) is 1.72. The number of nitro benzene ring substituents is 1. The molecule has 0 aliphatic rings. The molecule has 8 heteroatoms. The van der Waals surface area contributed by atoms with Gasteiger partial charge < -0.3 is 9.84 Å². The van der Waals surface area contributed by atoms with E-state index >= 15 is 0 Å². The molecule has 0 aromatic heterocycles. The van der Waals surface area contributed by atoms with Crippen molar-refractivity contribution in [1.82, 2.24) is 0 Å². The van der Waals surface area contributed by atoms with Crippen LogP contribution in [0.15, 0.2) is 12.1 Å². The van der Waals surface area contributed by atoms with E-state index in [-0.39, 0.29) is 43.2 Å². The highest BCUT2D eigenvalue weighted by atomic mass is 35.5. The molecule has 0 heterocycles. The fourth-order valence-electron chi connectivity index (χ4n) is 1.57. The second-order valence-corrected chi connectivity index (χ2v) is 3.92. The van der Waals surface area contributed by atoms with Gasteiger partial charge in [0.15, 0.2) is 12.0 Å². The van der Waals surface area contributed by atoms with Crippen molar-refractivity contribution >= 4 is 30.3 Å². The number of carbonyl (C=O) groups is 2. The lowest BCUT2D eigenvalue weighted by Crippen LogP contribution is -2.05. The van der Waals surface area contributed by atoms with E-state index in [1.54, 1.807) is 6.92 Å². The molecule has 0 unspecified atom stereocenters. The van der Waals surface area contributed by atoms with Crippen LogP contribution in [0, 0.1) is 17.0 Å². The van der Waals surface area contributed by atoms with Gasteiger partial charge in [-0.25, -0.2) is 0 Å². The molecule has 0 radical (unpaired) electrons. The molecule has 1 aromatic rings. The normalized spacial score (nSPS) is 9.45. The van der Waals surface area contributed by atoms with Crippen molar-refractivity contribution in [3.8, 4) is 5.75 Å². The number of carboxylic acids is 1. The first-order valence-electron chi connectivity index (χ1n) is 5.54. The maximum atomic E-state index is 10.9. The van der Waals surface area contributed by atoms with E-state index < -0.39 is 16.6 Å². The highest BCUT2D eigenvalue weighted by Gasteiger charge is 2.21. The monoisotopic (exact) mass is 303 g/mol. The lowest BCUT2D eigenvalue weighted by molar-refractivity contribution is -0.386. The van der Waals surface area contributed by atoms with Crippen LogP contribution in [0.3, 0.4) is 0 Å². The van der Waals surface area contributed by atoms with Crippen molar-refractivity contribution < 1.29 is 24.4 Å². The maximum absolute atomic E-state index is 10.9. The number of rotatable bonds is 7. The molecular weight excluding hydrogens is 290 g/mol. The average molecular weight is 304 g/mol. The molecule has 20 heavy (non-hydrogen) atoms. The Morgan fingerprint density at radius 1 is 1.50 bits per heavy atom. The largest absolute Gasteiger partial charge is 0.487 e. The van der Waals surface area contributed by atoms with Gasteiger partial charge in [0.2, 0.25) is 0 Å². The van der Waals surface area contributed by atoms with Gasteiger partial charge in [-0.2, -0.15) is 0 Å². The van der Waals surface area contributed by atoms with Crippen LogP contribution >= 0.6 is 12.4 Å². The number of aryl methyl sites for hydroxylation is 1. The molecule has 0 aliphatic carbocycles. The van der Waals surface area contributed by atoms with E-state index in [0.29, 0.717) is 11.8 Å². The van der Waals surface area contributed by atoms with Gasteiger partial charge in [-0.05, 0) is 31.0 Å². The molecule has 0 aliphatic heterocycles. The lowest BCUT2D eigenvalue weighted by atomic mass is 10.1. The average Bonchev–Trinajstić information content (AvgIpc) is 2.33. The molecule has 110 valence electrons. The molecule has 7 nitrogen and oxygen atoms in total. The minimum absolute atomic E-state index is 0. The fraction of sp³-hybridized carbons (Fsp3) is 0.333. The predicted octanol–water partition coefficient (Wildman–Crippen LogP) is 2.38. The van der Waals surface area contributed by atoms with Crippen LogP contribution in [0.1, 0.15) is 28.8 Å². The molecule has 1 aromatic carbocycles. The van der Waals surface area contributed by atoms with E-state index in [4.69, 9.17) is 9.84 Å². The van der Waals surface area contributed by atoms with Crippen LogP contribution in [-0.2, 0) is 4.79 Å². The summed E-state index contributed by atoms with van der Waals surface area (Å²) in [5.41, 5.74) is 0.204. The van der Waals surface area contributed by atoms with Gasteiger partial charge in [0.25, 0.3) is 0 Å². The summed E-state index contributed by atoms with van der Waals surface area (Å²) in [5, 5.41) is 19.4. The Hall–Kier alpha value is -2.15. The number of aldehydes is 1. The third-order valence-electron chi connectivity index (χ3n) is 2.35. The minimum Gasteiger partial charge on any atom is -0.487 e. The maximum Gasteiger partial charge on any atom is 0.321 e. The number of benzene rings is 1. The standard InChI is InChI=1S/C12H13NO6.ClH/c1-8-5-9(7-14)12(13(17)18)10(6-8)19-4-2-3-11(15)16;/h5-7H,2-4H2,1H3,(H,15,16);1H. The number of ether oxygens (including phenoxy) is 1. The van der Waals surface area contributed by atoms with Crippen LogP contribution < -0.4 is 4.74 Å². The molecular formula is C12H14ClNO6. The molecule has 0 spiro atoms. The van der Waals surface area contributed by atoms with Crippen LogP contribution in [-0.4, -0.2) is 28.9 Å². The number of nitrogens with zero attached hydrogens (tertiary/aromatic N) is 1. The topological polar surface area (TPSA) is 107 Å². The highest BCUT2D eigenvalue weighted by Crippen LogP contribution is 2.31. The van der Waals surface area contributed by atoms with Crippen LogP contribution in [0.4, 0.5) is 5.69 Å². The summed E-state index contributed by atoms with van der Waals surface area (Å²) in [7, 11) is 0. The van der Waals surface area contributed by atoms with Crippen LogP contribution in [0.5, 0.6) is 5.75 Å². The molecule has 0 saturated carbocycles. The van der Waals surface area contributed by atoms with Crippen LogP contribution in [0.2, 0.25) is 0 Å². The van der Waals surface area contributed by atoms with Crippen molar-refractivity contribution in [2.24, 2.45) is 0 Å². The van der Waals surface area contributed by atoms with Crippen molar-refractivity contribution in [1.29, 1.82) is 0 Å². The highest BCUT2D eigenvalue weighted by molar-refractivity contribution is 5.85. The zero-order valence-electron chi connectivity index (χ0n) is 10.7. The predicted molar refractivity (Wildman–Crippen MR) is 72.8 cm³/mol. The Morgan fingerprint density at radius 3 is 2.65 bits per heavy atom. The Kier molecular flexibility index (Phi) is 7.24. The molecule has 0 saturated heterocycles. The van der Waals surface area contributed by atoms with Gasteiger partial charge in [0.1, 0.15) is 0 Å². The lowest BCUT2D eigenvalue weighted by Gasteiger charge is -2.08. The SMILES string of the molecule is Cc1cc(C=O)c([N+](=O)[O-])c(OCCCC(=O)O)c1.Cl. The Morgan fingerprint density at radius 2 is 2.15 bits per heavy atom. The summed E-state index contributed by atoms with van der Waals surface area (Å²) in [6, 6.07) is 2.85. The number of halogens is 1. The summed E-state index contributed by atoms with van der Waals surface area (Å²) < 4.78 is 5.21. The molecule has 1 rings (SSSR count). The number of carboxylic acid groups (broad SMARTS) is 1. The molecule has 0 atom stereocenters. The Bertz CT molecular complexity index is 517. The number of hydrogen-bond acceptors (Lipinski definition) is 5. The quantitative estimate of drug-likeness (QED) is 0.359. The van der Waals surface area contributed by atoms with E-state index in [1.807, 2.05) is 0 Å². The Balaban J connectivity index is 0.00000361. The number of hydrogen-bond donors (Lipinski definition) is 1. The summed E-state index contributed by atoms with van der Waals surface area (Å²) in [5.74, 6) is -0.978. The summed E-state index contributed by atoms with van der Waals surface area (Å²) >= 11 is 0. The second kappa shape index (κ2) is 8.11. The summed E-state index contributed by atoms with van der Waals surface area (Å²) in [6.07, 6.45) is 0.548. The van der Waals surface area contributed by atoms with Crippen molar-refractivity contribution in [3.63, 3.8) is 0 Å². The van der Waals surface area contributed by atoms with Gasteiger partial charge in [-0.15, -0.1) is 12.4 Å². The number of nitro groups is 1. The second-order valence-electron chi connectivity index (χ2n) is 3.92. The third-order valence-corrected chi connectivity index (χ3v) is 2.35. The number of carbonyl (C=O) groups excluding carboxylic acids is 1. The molecule has 0 amide bonds. The van der Waals surface area contributed by atoms with Crippen molar-refractivity contribution in [2.75, 3.05) is 6.61 Å². The molecule has 1 N–H and O–H groups in total. The smallest absolute Gasteiger partial charge is 0.321 e. The first kappa shape index (κ1) is 17.8. The Labute approximate surface area is 121 Å². The first-order valence-corrected chi connectivity index (χ1v) is 5.54. The third kappa shape index (κ3) is 4.85. The van der Waals surface area contributed by atoms with Gasteiger partial charge in [-0.3, -0.25) is 19.7 Å². The summed E-state index contributed by atoms with van der Waals surface area (Å²) in [4.78, 5) is 31.4. The minimum atomic E-state index is -0.962. The van der Waals surface area contributed by atoms with E-state index in [1.165, 1.54) is 12.1 Å². The van der Waals surface area contributed by atoms with E-state index in [2.05, 4.69) is 0 Å². The fourth-order valence-corrected chi connectivity index (χ4v) is 1.57. The van der Waals surface area contributed by atoms with Gasteiger partial charge in [0.05, 0.1) is 17.1 Å². The zero-order chi connectivity index (χ0) is 14.4. The van der Waals surface area contributed by atoms with Gasteiger partial charge in [-0.1, -0.05) is 0 Å². The van der Waals surface area contributed by atoms with Crippen molar-refractivity contribution in [3.05, 3.63) is 33.4 Å². The number of aliphatic carboxylic acids is 1. The zero-order valence-corrected chi connectivity index (χ0v) is 11.5. The van der Waals surface area contributed by atoms with E-state index in [0.717, 1.165) is 0 Å². The van der Waals surface area contributed by atoms with Gasteiger partial charge in [0, 0.05) is 6.42 Å². The van der Waals surface area contributed by atoms with E-state index in [9.17, 15) is 19.7 Å². The van der Waals surface area contributed by atoms with Crippen molar-refractivity contribution in [2.45, 2.75) is 19.8 Å². The molecule has 0 bridgehead atoms.